The molecule has 1 aromatic carbocycles. The van der Waals surface area contributed by atoms with Crippen molar-refractivity contribution in [3.8, 4) is 5.75 Å². The van der Waals surface area contributed by atoms with Gasteiger partial charge in [0.2, 0.25) is 5.91 Å². The number of carbonyl (C=O) groups excluding carboxylic acids is 2. The van der Waals surface area contributed by atoms with E-state index in [9.17, 15) is 9.59 Å². The minimum absolute atomic E-state index is 0.0848. The molecule has 0 radical (unpaired) electrons. The van der Waals surface area contributed by atoms with E-state index in [-0.39, 0.29) is 36.5 Å². The van der Waals surface area contributed by atoms with Crippen LogP contribution in [-0.4, -0.2) is 23.4 Å². The van der Waals surface area contributed by atoms with E-state index in [1.807, 2.05) is 0 Å². The Hall–Kier alpha value is -3.33. The number of esters is 1. The summed E-state index contributed by atoms with van der Waals surface area (Å²) < 4.78 is 5.19. The Labute approximate surface area is 144 Å². The van der Waals surface area contributed by atoms with Crippen LogP contribution in [0.25, 0.3) is 0 Å². The molecule has 0 saturated carbocycles. The van der Waals surface area contributed by atoms with Crippen LogP contribution in [0.15, 0.2) is 46.6 Å². The summed E-state index contributed by atoms with van der Waals surface area (Å²) in [6, 6.07) is 9.82. The monoisotopic (exact) mass is 342 g/mol. The molecule has 130 valence electrons. The lowest BCUT2D eigenvalue weighted by atomic mass is 10.3. The summed E-state index contributed by atoms with van der Waals surface area (Å²) in [5.74, 6) is -0.0981. The van der Waals surface area contributed by atoms with Crippen LogP contribution in [0.5, 0.6) is 5.75 Å². The number of anilines is 2. The summed E-state index contributed by atoms with van der Waals surface area (Å²) in [6.45, 7) is 1.54. The second-order valence-corrected chi connectivity index (χ2v) is 4.85. The Kier molecular flexibility index (Phi) is 6.13. The van der Waals surface area contributed by atoms with E-state index in [0.717, 1.165) is 0 Å². The summed E-state index contributed by atoms with van der Waals surface area (Å²) in [6.07, 6.45) is 0.248. The molecule has 1 aromatic heterocycles. The standard InChI is InChI=1S/C16H18N6O3/c1-2-15(24)25-12-6-4-3-5-10(12)21-22-11-7-8-13(20-16(11)18)19-14(23)9-17/h3-8H,2,9,17H2,1H3,(H3,18,19,20,23)/b22-21+. The lowest BCUT2D eigenvalue weighted by Crippen LogP contribution is -2.22. The first-order chi connectivity index (χ1) is 12.0. The van der Waals surface area contributed by atoms with Gasteiger partial charge in [0.1, 0.15) is 17.2 Å². The van der Waals surface area contributed by atoms with Gasteiger partial charge in [-0.05, 0) is 24.3 Å². The van der Waals surface area contributed by atoms with Crippen molar-refractivity contribution >= 4 is 34.9 Å². The number of hydrogen-bond donors (Lipinski definition) is 3. The molecule has 0 saturated heterocycles. The zero-order chi connectivity index (χ0) is 18.2. The average molecular weight is 342 g/mol. The molecule has 2 rings (SSSR count). The molecule has 0 bridgehead atoms. The number of nitrogens with zero attached hydrogens (tertiary/aromatic N) is 3. The number of aromatic nitrogens is 1. The van der Waals surface area contributed by atoms with Crippen molar-refractivity contribution in [3.63, 3.8) is 0 Å². The van der Waals surface area contributed by atoms with E-state index < -0.39 is 0 Å². The molecule has 0 atom stereocenters. The first-order valence-corrected chi connectivity index (χ1v) is 7.51. The normalized spacial score (nSPS) is 10.6. The fraction of sp³-hybridized carbons (Fsp3) is 0.188. The number of azo groups is 1. The van der Waals surface area contributed by atoms with Crippen LogP contribution in [-0.2, 0) is 9.59 Å². The van der Waals surface area contributed by atoms with Gasteiger partial charge in [-0.2, -0.15) is 0 Å². The molecular weight excluding hydrogens is 324 g/mol. The van der Waals surface area contributed by atoms with Gasteiger partial charge in [0, 0.05) is 6.42 Å². The summed E-state index contributed by atoms with van der Waals surface area (Å²) in [5.41, 5.74) is 11.7. The fourth-order valence-corrected chi connectivity index (χ4v) is 1.74. The zero-order valence-corrected chi connectivity index (χ0v) is 13.6. The lowest BCUT2D eigenvalue weighted by molar-refractivity contribution is -0.134. The van der Waals surface area contributed by atoms with Gasteiger partial charge in [-0.15, -0.1) is 10.2 Å². The zero-order valence-electron chi connectivity index (χ0n) is 13.6. The second-order valence-electron chi connectivity index (χ2n) is 4.85. The minimum atomic E-state index is -0.382. The molecule has 1 heterocycles. The SMILES string of the molecule is CCC(=O)Oc1ccccc1/N=N/c1ccc(NC(=O)CN)nc1N. The maximum atomic E-state index is 11.4. The number of amides is 1. The molecule has 9 heteroatoms. The number of pyridine rings is 1. The Morgan fingerprint density at radius 2 is 1.88 bits per heavy atom. The van der Waals surface area contributed by atoms with Crippen LogP contribution in [0.2, 0.25) is 0 Å². The molecular formula is C16H18N6O3. The van der Waals surface area contributed by atoms with Gasteiger partial charge in [0.15, 0.2) is 11.6 Å². The Balaban J connectivity index is 2.19. The van der Waals surface area contributed by atoms with Crippen molar-refractivity contribution < 1.29 is 14.3 Å². The van der Waals surface area contributed by atoms with Gasteiger partial charge in [-0.1, -0.05) is 19.1 Å². The number of para-hydroxylation sites is 1. The third kappa shape index (κ3) is 5.08. The molecule has 9 nitrogen and oxygen atoms in total. The molecule has 0 aliphatic heterocycles. The smallest absolute Gasteiger partial charge is 0.310 e. The molecule has 1 amide bonds. The number of ether oxygens (including phenoxy) is 1. The molecule has 2 aromatic rings. The first kappa shape index (κ1) is 18.0. The Bertz CT molecular complexity index is 806. The van der Waals surface area contributed by atoms with Crippen LogP contribution >= 0.6 is 0 Å². The summed E-state index contributed by atoms with van der Waals surface area (Å²) in [5, 5.41) is 10.6. The molecule has 0 spiro atoms. The third-order valence-electron chi connectivity index (χ3n) is 3.00. The van der Waals surface area contributed by atoms with E-state index in [4.69, 9.17) is 16.2 Å². The highest BCUT2D eigenvalue weighted by Crippen LogP contribution is 2.30. The maximum Gasteiger partial charge on any atom is 0.310 e. The topological polar surface area (TPSA) is 145 Å². The van der Waals surface area contributed by atoms with Gasteiger partial charge in [-0.25, -0.2) is 4.98 Å². The number of hydrogen-bond acceptors (Lipinski definition) is 8. The van der Waals surface area contributed by atoms with Crippen LogP contribution in [0.3, 0.4) is 0 Å². The predicted octanol–water partition coefficient (Wildman–Crippen LogP) is 2.29. The minimum Gasteiger partial charge on any atom is -0.424 e. The maximum absolute atomic E-state index is 11.4. The van der Waals surface area contributed by atoms with E-state index in [2.05, 4.69) is 20.5 Å². The second kappa shape index (κ2) is 8.50. The molecule has 0 aliphatic carbocycles. The molecule has 5 N–H and O–H groups in total. The van der Waals surface area contributed by atoms with Crippen molar-refractivity contribution in [1.82, 2.24) is 4.98 Å². The highest BCUT2D eigenvalue weighted by Gasteiger charge is 2.08. The molecule has 0 fully saturated rings. The van der Waals surface area contributed by atoms with Gasteiger partial charge in [-0.3, -0.25) is 9.59 Å². The van der Waals surface area contributed by atoms with Crippen LogP contribution in [0, 0.1) is 0 Å². The summed E-state index contributed by atoms with van der Waals surface area (Å²) in [4.78, 5) is 26.7. The average Bonchev–Trinajstić information content (AvgIpc) is 2.62. The number of nitrogens with two attached hydrogens (primary N) is 2. The van der Waals surface area contributed by atoms with Gasteiger partial charge < -0.3 is 21.5 Å². The molecule has 0 unspecified atom stereocenters. The number of benzene rings is 1. The van der Waals surface area contributed by atoms with Crippen LogP contribution in [0.1, 0.15) is 13.3 Å². The highest BCUT2D eigenvalue weighted by atomic mass is 16.5. The van der Waals surface area contributed by atoms with E-state index in [0.29, 0.717) is 17.1 Å². The quantitative estimate of drug-likeness (QED) is 0.417. The van der Waals surface area contributed by atoms with Gasteiger partial charge >= 0.3 is 5.97 Å². The Morgan fingerprint density at radius 3 is 2.56 bits per heavy atom. The van der Waals surface area contributed by atoms with Gasteiger partial charge in [0.25, 0.3) is 0 Å². The number of nitrogens with one attached hydrogen (secondary N) is 1. The number of rotatable bonds is 6. The van der Waals surface area contributed by atoms with Gasteiger partial charge in [0.05, 0.1) is 6.54 Å². The van der Waals surface area contributed by atoms with Crippen molar-refractivity contribution in [2.24, 2.45) is 16.0 Å². The number of carbonyl (C=O) groups is 2. The molecule has 25 heavy (non-hydrogen) atoms. The van der Waals surface area contributed by atoms with Crippen molar-refractivity contribution in [3.05, 3.63) is 36.4 Å². The van der Waals surface area contributed by atoms with E-state index >= 15 is 0 Å². The van der Waals surface area contributed by atoms with Crippen LogP contribution in [0.4, 0.5) is 23.0 Å². The predicted molar refractivity (Wildman–Crippen MR) is 92.9 cm³/mol. The third-order valence-corrected chi connectivity index (χ3v) is 3.00. The summed E-state index contributed by atoms with van der Waals surface area (Å²) >= 11 is 0. The van der Waals surface area contributed by atoms with Crippen LogP contribution < -0.4 is 21.5 Å². The number of nitrogen functional groups attached to an aromatic ring is 1. The highest BCUT2D eigenvalue weighted by molar-refractivity contribution is 5.91. The van der Waals surface area contributed by atoms with Crippen molar-refractivity contribution in [2.75, 3.05) is 17.6 Å². The largest absolute Gasteiger partial charge is 0.424 e. The van der Waals surface area contributed by atoms with Crippen molar-refractivity contribution in [2.45, 2.75) is 13.3 Å². The van der Waals surface area contributed by atoms with E-state index in [1.54, 1.807) is 37.3 Å². The fourth-order valence-electron chi connectivity index (χ4n) is 1.74. The van der Waals surface area contributed by atoms with Crippen molar-refractivity contribution in [1.29, 1.82) is 0 Å². The lowest BCUT2D eigenvalue weighted by Gasteiger charge is -2.06. The van der Waals surface area contributed by atoms with E-state index in [1.165, 1.54) is 6.07 Å². The summed E-state index contributed by atoms with van der Waals surface area (Å²) in [7, 11) is 0. The Morgan fingerprint density at radius 1 is 1.16 bits per heavy atom. The first-order valence-electron chi connectivity index (χ1n) is 7.51. The molecule has 0 aliphatic rings.